The van der Waals surface area contributed by atoms with Gasteiger partial charge in [-0.25, -0.2) is 0 Å². The van der Waals surface area contributed by atoms with Gasteiger partial charge in [-0.05, 0) is 24.6 Å². The molecule has 108 valence electrons. The zero-order chi connectivity index (χ0) is 14.4. The van der Waals surface area contributed by atoms with Crippen molar-refractivity contribution in [2.24, 2.45) is 5.92 Å². The fraction of sp³-hybridized carbons (Fsp3) is 0.857. The van der Waals surface area contributed by atoms with Crippen molar-refractivity contribution >= 4 is 20.0 Å². The Bertz CT molecular complexity index is 400. The molecule has 2 atom stereocenters. The van der Waals surface area contributed by atoms with Crippen molar-refractivity contribution in [1.29, 1.82) is 0 Å². The molecule has 2 heterocycles. The van der Waals surface area contributed by atoms with Crippen LogP contribution < -0.4 is 0 Å². The van der Waals surface area contributed by atoms with E-state index in [-0.39, 0.29) is 28.7 Å². The molecule has 0 N–H and O–H groups in total. The first-order valence-corrected chi connectivity index (χ1v) is 10.0. The number of ketones is 1. The second kappa shape index (κ2) is 4.70. The van der Waals surface area contributed by atoms with Crippen LogP contribution in [0.5, 0.6) is 0 Å². The summed E-state index contributed by atoms with van der Waals surface area (Å²) in [7, 11) is -1.72. The smallest absolute Gasteiger partial charge is 0.228 e. The normalized spacial score (nSPS) is 27.5. The summed E-state index contributed by atoms with van der Waals surface area (Å²) in [4.78, 5) is 24.9. The summed E-state index contributed by atoms with van der Waals surface area (Å²) in [5, 5.41) is 0.200. The van der Waals surface area contributed by atoms with E-state index in [1.165, 1.54) is 0 Å². The van der Waals surface area contributed by atoms with Gasteiger partial charge in [0.25, 0.3) is 0 Å². The van der Waals surface area contributed by atoms with Gasteiger partial charge in [-0.2, -0.15) is 0 Å². The fourth-order valence-electron chi connectivity index (χ4n) is 2.58. The molecular formula is C14H25NO3Si. The summed E-state index contributed by atoms with van der Waals surface area (Å²) in [6, 6.07) is 0.169. The SMILES string of the molecule is CC(C)(C)[Si](C)(C)OCC[C@@H]1C(=O)N2CC(=O)C[C@H]12. The summed E-state index contributed by atoms with van der Waals surface area (Å²) in [6.45, 7) is 12.1. The highest BCUT2D eigenvalue weighted by Gasteiger charge is 2.52. The molecule has 1 amide bonds. The molecule has 19 heavy (non-hydrogen) atoms. The molecule has 2 rings (SSSR count). The third-order valence-corrected chi connectivity index (χ3v) is 9.48. The van der Waals surface area contributed by atoms with Gasteiger partial charge in [0.05, 0.1) is 18.5 Å². The molecule has 2 aliphatic heterocycles. The van der Waals surface area contributed by atoms with Crippen LogP contribution in [-0.2, 0) is 14.0 Å². The van der Waals surface area contributed by atoms with Crippen LogP contribution in [0.3, 0.4) is 0 Å². The van der Waals surface area contributed by atoms with E-state index in [2.05, 4.69) is 33.9 Å². The molecule has 2 saturated heterocycles. The summed E-state index contributed by atoms with van der Waals surface area (Å²) in [5.74, 6) is 0.372. The van der Waals surface area contributed by atoms with E-state index in [1.807, 2.05) is 0 Å². The lowest BCUT2D eigenvalue weighted by molar-refractivity contribution is -0.153. The van der Waals surface area contributed by atoms with E-state index in [4.69, 9.17) is 4.43 Å². The van der Waals surface area contributed by atoms with Gasteiger partial charge in [0.1, 0.15) is 0 Å². The molecule has 0 spiro atoms. The van der Waals surface area contributed by atoms with Crippen molar-refractivity contribution in [2.45, 2.75) is 57.8 Å². The van der Waals surface area contributed by atoms with Crippen molar-refractivity contribution < 1.29 is 14.0 Å². The minimum atomic E-state index is -1.72. The molecule has 0 aliphatic carbocycles. The van der Waals surface area contributed by atoms with Crippen molar-refractivity contribution in [3.05, 3.63) is 0 Å². The molecular weight excluding hydrogens is 258 g/mol. The number of amides is 1. The van der Waals surface area contributed by atoms with E-state index in [0.29, 0.717) is 19.6 Å². The van der Waals surface area contributed by atoms with Crippen molar-refractivity contribution in [3.8, 4) is 0 Å². The van der Waals surface area contributed by atoms with Crippen LogP contribution in [0.2, 0.25) is 18.1 Å². The lowest BCUT2D eigenvalue weighted by Crippen LogP contribution is -2.57. The largest absolute Gasteiger partial charge is 0.417 e. The number of hydrogen-bond acceptors (Lipinski definition) is 3. The van der Waals surface area contributed by atoms with E-state index < -0.39 is 8.32 Å². The number of nitrogens with zero attached hydrogens (tertiary/aromatic N) is 1. The van der Waals surface area contributed by atoms with Crippen LogP contribution in [-0.4, -0.2) is 44.1 Å². The van der Waals surface area contributed by atoms with Gasteiger partial charge in [-0.1, -0.05) is 20.8 Å². The number of carbonyl (C=O) groups is 2. The Morgan fingerprint density at radius 2 is 1.95 bits per heavy atom. The van der Waals surface area contributed by atoms with E-state index >= 15 is 0 Å². The maximum absolute atomic E-state index is 11.9. The van der Waals surface area contributed by atoms with Crippen LogP contribution in [0.4, 0.5) is 0 Å². The van der Waals surface area contributed by atoms with Crippen molar-refractivity contribution in [1.82, 2.24) is 4.90 Å². The van der Waals surface area contributed by atoms with E-state index in [9.17, 15) is 9.59 Å². The van der Waals surface area contributed by atoms with Crippen LogP contribution in [0, 0.1) is 5.92 Å². The number of hydrogen-bond donors (Lipinski definition) is 0. The van der Waals surface area contributed by atoms with Crippen LogP contribution >= 0.6 is 0 Å². The first-order valence-electron chi connectivity index (χ1n) is 7.09. The van der Waals surface area contributed by atoms with Gasteiger partial charge in [0.15, 0.2) is 14.1 Å². The van der Waals surface area contributed by atoms with E-state index in [0.717, 1.165) is 6.42 Å². The standard InChI is InChI=1S/C14H25NO3Si/c1-14(2,3)19(4,5)18-7-6-11-12-8-10(16)9-15(12)13(11)17/h11-12H,6-9H2,1-5H3/t11-,12+/m0/s1. The topological polar surface area (TPSA) is 46.6 Å². The van der Waals surface area contributed by atoms with Gasteiger partial charge in [-0.3, -0.25) is 9.59 Å². The lowest BCUT2D eigenvalue weighted by atomic mass is 9.86. The molecule has 5 heteroatoms. The molecule has 0 unspecified atom stereocenters. The molecule has 0 radical (unpaired) electrons. The minimum Gasteiger partial charge on any atom is -0.417 e. The van der Waals surface area contributed by atoms with Gasteiger partial charge in [0.2, 0.25) is 5.91 Å². The maximum atomic E-state index is 11.9. The van der Waals surface area contributed by atoms with E-state index in [1.54, 1.807) is 4.90 Å². The Hall–Kier alpha value is -0.683. The zero-order valence-electron chi connectivity index (χ0n) is 12.7. The molecule has 0 aromatic carbocycles. The van der Waals surface area contributed by atoms with Crippen LogP contribution in [0.25, 0.3) is 0 Å². The molecule has 2 aliphatic rings. The zero-order valence-corrected chi connectivity index (χ0v) is 13.7. The Kier molecular flexibility index (Phi) is 3.64. The monoisotopic (exact) mass is 283 g/mol. The fourth-order valence-corrected chi connectivity index (χ4v) is 3.65. The second-order valence-electron chi connectivity index (χ2n) is 7.28. The Morgan fingerprint density at radius 1 is 1.32 bits per heavy atom. The lowest BCUT2D eigenvalue weighted by Gasteiger charge is -2.43. The summed E-state index contributed by atoms with van der Waals surface area (Å²) in [6.07, 6.45) is 1.32. The molecule has 0 saturated carbocycles. The number of fused-ring (bicyclic) bond motifs is 1. The highest BCUT2D eigenvalue weighted by Crippen LogP contribution is 2.39. The Balaban J connectivity index is 1.82. The quantitative estimate of drug-likeness (QED) is 0.587. The summed E-state index contributed by atoms with van der Waals surface area (Å²) >= 11 is 0. The highest BCUT2D eigenvalue weighted by molar-refractivity contribution is 6.74. The van der Waals surface area contributed by atoms with Crippen LogP contribution in [0.15, 0.2) is 0 Å². The molecule has 0 aromatic heterocycles. The van der Waals surface area contributed by atoms with Gasteiger partial charge >= 0.3 is 0 Å². The molecule has 4 nitrogen and oxygen atoms in total. The predicted octanol–water partition coefficient (Wildman–Crippen LogP) is 2.20. The van der Waals surface area contributed by atoms with Gasteiger partial charge in [-0.15, -0.1) is 0 Å². The predicted molar refractivity (Wildman–Crippen MR) is 76.4 cm³/mol. The number of β-lactam (4-membered cyclic amide) rings is 1. The highest BCUT2D eigenvalue weighted by atomic mass is 28.4. The maximum Gasteiger partial charge on any atom is 0.228 e. The van der Waals surface area contributed by atoms with Crippen molar-refractivity contribution in [2.75, 3.05) is 13.2 Å². The molecule has 0 aromatic rings. The third-order valence-electron chi connectivity index (χ3n) is 4.95. The van der Waals surface area contributed by atoms with Gasteiger partial charge in [0, 0.05) is 13.0 Å². The second-order valence-corrected chi connectivity index (χ2v) is 12.1. The number of rotatable bonds is 4. The molecule has 0 bridgehead atoms. The number of Topliss-reactive ketones (excluding diaryl/α,β-unsaturated/α-hetero) is 1. The van der Waals surface area contributed by atoms with Crippen molar-refractivity contribution in [3.63, 3.8) is 0 Å². The average molecular weight is 283 g/mol. The van der Waals surface area contributed by atoms with Crippen LogP contribution in [0.1, 0.15) is 33.6 Å². The third kappa shape index (κ3) is 2.63. The minimum absolute atomic E-state index is 0.0243. The number of carbonyl (C=O) groups excluding carboxylic acids is 2. The first-order chi connectivity index (χ1) is 8.63. The van der Waals surface area contributed by atoms with Gasteiger partial charge < -0.3 is 9.33 Å². The summed E-state index contributed by atoms with van der Waals surface area (Å²) < 4.78 is 6.11. The Labute approximate surface area is 116 Å². The molecule has 2 fully saturated rings. The summed E-state index contributed by atoms with van der Waals surface area (Å²) in [5.41, 5.74) is 0. The first kappa shape index (κ1) is 14.7. The average Bonchev–Trinajstić information content (AvgIpc) is 2.61. The Morgan fingerprint density at radius 3 is 2.53 bits per heavy atom.